The molecule has 3 N–H and O–H groups in total. The predicted molar refractivity (Wildman–Crippen MR) is 67.4 cm³/mol. The number of nitrogens with zero attached hydrogens (tertiary/aromatic N) is 2. The molecule has 1 aromatic carbocycles. The van der Waals surface area contributed by atoms with Gasteiger partial charge in [-0.25, -0.2) is 5.43 Å². The number of hydrogen-bond acceptors (Lipinski definition) is 4. The van der Waals surface area contributed by atoms with E-state index in [-0.39, 0.29) is 6.04 Å². The molecule has 0 radical (unpaired) electrons. The van der Waals surface area contributed by atoms with E-state index in [9.17, 15) is 0 Å². The van der Waals surface area contributed by atoms with Gasteiger partial charge >= 0.3 is 0 Å². The normalized spacial score (nSPS) is 12.4. The molecule has 1 aromatic heterocycles. The minimum atomic E-state index is -0.181. The average Bonchev–Trinajstić information content (AvgIpc) is 2.36. The first-order chi connectivity index (χ1) is 8.22. The highest BCUT2D eigenvalue weighted by atomic mass is 35.5. The van der Waals surface area contributed by atoms with Crippen molar-refractivity contribution in [2.24, 2.45) is 5.84 Å². The van der Waals surface area contributed by atoms with Crippen molar-refractivity contribution in [1.82, 2.24) is 15.4 Å². The topological polar surface area (TPSA) is 63.8 Å². The number of hydrogen-bond donors (Lipinski definition) is 2. The van der Waals surface area contributed by atoms with Crippen LogP contribution in [-0.2, 0) is 0 Å². The van der Waals surface area contributed by atoms with Crippen LogP contribution in [0.4, 0.5) is 0 Å². The largest absolute Gasteiger partial charge is 0.271 e. The molecule has 0 saturated carbocycles. The van der Waals surface area contributed by atoms with E-state index < -0.39 is 0 Å². The van der Waals surface area contributed by atoms with Gasteiger partial charge in [0.05, 0.1) is 17.9 Å². The van der Waals surface area contributed by atoms with Crippen molar-refractivity contribution < 1.29 is 0 Å². The van der Waals surface area contributed by atoms with Crippen molar-refractivity contribution in [1.29, 1.82) is 0 Å². The molecule has 0 aliphatic heterocycles. The van der Waals surface area contributed by atoms with E-state index >= 15 is 0 Å². The molecule has 1 unspecified atom stereocenters. The number of benzene rings is 1. The standard InChI is InChI=1S/C12H13ClN4/c1-8-6-9(2-3-10(8)13)12(17-14)11-7-15-4-5-16-11/h2-7,12,17H,14H2,1H3. The molecular weight excluding hydrogens is 236 g/mol. The Morgan fingerprint density at radius 1 is 1.35 bits per heavy atom. The Morgan fingerprint density at radius 2 is 2.18 bits per heavy atom. The van der Waals surface area contributed by atoms with Gasteiger partial charge in [-0.1, -0.05) is 23.7 Å². The van der Waals surface area contributed by atoms with E-state index in [0.717, 1.165) is 21.8 Å². The van der Waals surface area contributed by atoms with Crippen molar-refractivity contribution in [3.8, 4) is 0 Å². The molecule has 0 spiro atoms. The van der Waals surface area contributed by atoms with E-state index in [0.29, 0.717) is 0 Å². The minimum Gasteiger partial charge on any atom is -0.271 e. The van der Waals surface area contributed by atoms with Crippen molar-refractivity contribution in [2.75, 3.05) is 0 Å². The fourth-order valence-corrected chi connectivity index (χ4v) is 1.78. The summed E-state index contributed by atoms with van der Waals surface area (Å²) in [6.07, 6.45) is 4.96. The second kappa shape index (κ2) is 5.23. The average molecular weight is 249 g/mol. The van der Waals surface area contributed by atoms with Crippen LogP contribution in [0.1, 0.15) is 22.9 Å². The monoisotopic (exact) mass is 248 g/mol. The summed E-state index contributed by atoms with van der Waals surface area (Å²) in [7, 11) is 0. The summed E-state index contributed by atoms with van der Waals surface area (Å²) in [5.74, 6) is 5.57. The molecule has 1 heterocycles. The third kappa shape index (κ3) is 2.61. The van der Waals surface area contributed by atoms with Crippen LogP contribution in [0.2, 0.25) is 5.02 Å². The second-order valence-corrected chi connectivity index (χ2v) is 4.15. The van der Waals surface area contributed by atoms with Gasteiger partial charge < -0.3 is 0 Å². The van der Waals surface area contributed by atoms with E-state index in [4.69, 9.17) is 17.4 Å². The third-order valence-electron chi connectivity index (χ3n) is 2.56. The van der Waals surface area contributed by atoms with Gasteiger partial charge in [0.25, 0.3) is 0 Å². The highest BCUT2D eigenvalue weighted by Gasteiger charge is 2.14. The number of halogens is 1. The molecule has 0 saturated heterocycles. The van der Waals surface area contributed by atoms with Crippen LogP contribution < -0.4 is 11.3 Å². The summed E-state index contributed by atoms with van der Waals surface area (Å²) >= 11 is 5.99. The van der Waals surface area contributed by atoms with Crippen LogP contribution in [0.15, 0.2) is 36.8 Å². The Hall–Kier alpha value is -1.49. The zero-order chi connectivity index (χ0) is 12.3. The Kier molecular flexibility index (Phi) is 3.68. The Balaban J connectivity index is 2.39. The molecule has 5 heteroatoms. The van der Waals surface area contributed by atoms with Crippen LogP contribution in [0, 0.1) is 6.92 Å². The van der Waals surface area contributed by atoms with Gasteiger partial charge in [0.2, 0.25) is 0 Å². The van der Waals surface area contributed by atoms with Crippen LogP contribution in [0.5, 0.6) is 0 Å². The molecule has 1 atom stereocenters. The lowest BCUT2D eigenvalue weighted by atomic mass is 10.0. The summed E-state index contributed by atoms with van der Waals surface area (Å²) in [6.45, 7) is 1.95. The molecule has 0 bridgehead atoms. The molecule has 0 aliphatic rings. The van der Waals surface area contributed by atoms with Crippen molar-refractivity contribution in [3.05, 3.63) is 58.6 Å². The maximum atomic E-state index is 5.99. The molecule has 0 fully saturated rings. The van der Waals surface area contributed by atoms with Crippen LogP contribution in [-0.4, -0.2) is 9.97 Å². The molecule has 2 aromatic rings. The fraction of sp³-hybridized carbons (Fsp3) is 0.167. The first kappa shape index (κ1) is 12.0. The lowest BCUT2D eigenvalue weighted by molar-refractivity contribution is 0.617. The maximum Gasteiger partial charge on any atom is 0.0897 e. The second-order valence-electron chi connectivity index (χ2n) is 3.74. The highest BCUT2D eigenvalue weighted by molar-refractivity contribution is 6.31. The van der Waals surface area contributed by atoms with Gasteiger partial charge in [-0.3, -0.25) is 15.8 Å². The molecule has 0 aliphatic carbocycles. The first-order valence-electron chi connectivity index (χ1n) is 5.20. The Morgan fingerprint density at radius 3 is 2.76 bits per heavy atom. The summed E-state index contributed by atoms with van der Waals surface area (Å²) < 4.78 is 0. The number of aromatic nitrogens is 2. The lowest BCUT2D eigenvalue weighted by Crippen LogP contribution is -2.29. The first-order valence-corrected chi connectivity index (χ1v) is 5.58. The number of aryl methyl sites for hydroxylation is 1. The van der Waals surface area contributed by atoms with Gasteiger partial charge in [-0.05, 0) is 24.1 Å². The number of nitrogens with one attached hydrogen (secondary N) is 1. The highest BCUT2D eigenvalue weighted by Crippen LogP contribution is 2.23. The molecular formula is C12H13ClN4. The van der Waals surface area contributed by atoms with Gasteiger partial charge in [0.15, 0.2) is 0 Å². The van der Waals surface area contributed by atoms with Crippen molar-refractivity contribution in [3.63, 3.8) is 0 Å². The molecule has 17 heavy (non-hydrogen) atoms. The minimum absolute atomic E-state index is 0.181. The quantitative estimate of drug-likeness (QED) is 0.644. The SMILES string of the molecule is Cc1cc(C(NN)c2cnccn2)ccc1Cl. The summed E-state index contributed by atoms with van der Waals surface area (Å²) in [4.78, 5) is 8.28. The molecule has 2 rings (SSSR count). The van der Waals surface area contributed by atoms with Gasteiger partial charge in [0.1, 0.15) is 0 Å². The Labute approximate surface area is 105 Å². The third-order valence-corrected chi connectivity index (χ3v) is 2.98. The molecule has 4 nitrogen and oxygen atoms in total. The van der Waals surface area contributed by atoms with E-state index in [1.54, 1.807) is 18.6 Å². The maximum absolute atomic E-state index is 5.99. The van der Waals surface area contributed by atoms with Crippen molar-refractivity contribution >= 4 is 11.6 Å². The number of nitrogens with two attached hydrogens (primary N) is 1. The van der Waals surface area contributed by atoms with E-state index in [1.807, 2.05) is 25.1 Å². The fourth-order valence-electron chi connectivity index (χ4n) is 1.66. The Bertz CT molecular complexity index is 501. The zero-order valence-corrected chi connectivity index (χ0v) is 10.1. The smallest absolute Gasteiger partial charge is 0.0897 e. The van der Waals surface area contributed by atoms with Gasteiger partial charge in [-0.15, -0.1) is 0 Å². The van der Waals surface area contributed by atoms with E-state index in [1.165, 1.54) is 0 Å². The predicted octanol–water partition coefficient (Wildman–Crippen LogP) is 1.99. The summed E-state index contributed by atoms with van der Waals surface area (Å²) in [6, 6.07) is 5.59. The van der Waals surface area contributed by atoms with Gasteiger partial charge in [-0.2, -0.15) is 0 Å². The van der Waals surface area contributed by atoms with Gasteiger partial charge in [0, 0.05) is 17.4 Å². The van der Waals surface area contributed by atoms with Crippen molar-refractivity contribution in [2.45, 2.75) is 13.0 Å². The summed E-state index contributed by atoms with van der Waals surface area (Å²) in [5, 5.41) is 0.740. The number of hydrazine groups is 1. The lowest BCUT2D eigenvalue weighted by Gasteiger charge is -2.16. The molecule has 88 valence electrons. The van der Waals surface area contributed by atoms with E-state index in [2.05, 4.69) is 15.4 Å². The molecule has 0 amide bonds. The van der Waals surface area contributed by atoms with Crippen LogP contribution in [0.25, 0.3) is 0 Å². The summed E-state index contributed by atoms with van der Waals surface area (Å²) in [5.41, 5.74) is 5.53. The van der Waals surface area contributed by atoms with Crippen LogP contribution in [0.3, 0.4) is 0 Å². The number of rotatable bonds is 3. The van der Waals surface area contributed by atoms with Crippen LogP contribution >= 0.6 is 11.6 Å². The zero-order valence-electron chi connectivity index (χ0n) is 9.39.